The number of likely N-dealkylation sites (tertiary alicyclic amines) is 2. The zero-order valence-electron chi connectivity index (χ0n) is 22.3. The van der Waals surface area contributed by atoms with Gasteiger partial charge < -0.3 is 20.3 Å². The Morgan fingerprint density at radius 3 is 1.93 bits per heavy atom. The molecule has 2 fully saturated rings. The number of rotatable bonds is 3. The summed E-state index contributed by atoms with van der Waals surface area (Å²) in [6, 6.07) is 12.6. The van der Waals surface area contributed by atoms with Crippen molar-refractivity contribution in [3.63, 3.8) is 0 Å². The lowest BCUT2D eigenvalue weighted by atomic mass is 9.72. The lowest BCUT2D eigenvalue weighted by molar-refractivity contribution is -0.193. The van der Waals surface area contributed by atoms with Gasteiger partial charge in [0.15, 0.2) is 0 Å². The van der Waals surface area contributed by atoms with E-state index in [9.17, 15) is 36.2 Å². The fraction of sp³-hybridized carbons (Fsp3) is 0.519. The monoisotopic (exact) mass is 607 g/mol. The van der Waals surface area contributed by atoms with E-state index in [2.05, 4.69) is 39.0 Å². The summed E-state index contributed by atoms with van der Waals surface area (Å²) >= 11 is 0. The van der Waals surface area contributed by atoms with Crippen molar-refractivity contribution in [1.82, 2.24) is 14.8 Å². The number of carbonyl (C=O) groups is 2. The van der Waals surface area contributed by atoms with E-state index in [-0.39, 0.29) is 23.1 Å². The van der Waals surface area contributed by atoms with Crippen molar-refractivity contribution >= 4 is 11.9 Å². The van der Waals surface area contributed by atoms with Crippen LogP contribution in [0, 0.1) is 0 Å². The Balaban J connectivity index is 0.000000289. The van der Waals surface area contributed by atoms with Crippen molar-refractivity contribution < 1.29 is 51.3 Å². The van der Waals surface area contributed by atoms with Crippen LogP contribution in [-0.4, -0.2) is 86.7 Å². The second kappa shape index (κ2) is 13.3. The number of fused-ring (bicyclic) bond motifs is 2. The van der Waals surface area contributed by atoms with Gasteiger partial charge in [0, 0.05) is 24.2 Å². The molecule has 15 heteroatoms. The average molecular weight is 608 g/mol. The zero-order chi connectivity index (χ0) is 31.3. The Hall–Kier alpha value is -3.43. The minimum Gasteiger partial charge on any atom is -0.475 e. The number of pyridine rings is 1. The van der Waals surface area contributed by atoms with Gasteiger partial charge >= 0.3 is 24.3 Å². The SMILES string of the molecule is O=C(O)C(F)(F)F.O=C(O)C(F)(F)F.O=c1cc(CN2CCC3(CC2)c2ccccc2[C@@H](N2CCCC2)[C@@H]3O)cc[nH]1. The first kappa shape index (κ1) is 33.1. The van der Waals surface area contributed by atoms with Crippen LogP contribution >= 0.6 is 0 Å². The number of hydrogen-bond acceptors (Lipinski definition) is 6. The van der Waals surface area contributed by atoms with E-state index in [1.165, 1.54) is 24.0 Å². The Morgan fingerprint density at radius 1 is 0.905 bits per heavy atom. The summed E-state index contributed by atoms with van der Waals surface area (Å²) in [4.78, 5) is 37.0. The van der Waals surface area contributed by atoms with Crippen LogP contribution in [0.5, 0.6) is 0 Å². The van der Waals surface area contributed by atoms with E-state index in [1.54, 1.807) is 12.3 Å². The molecule has 232 valence electrons. The molecule has 42 heavy (non-hydrogen) atoms. The summed E-state index contributed by atoms with van der Waals surface area (Å²) in [5, 5.41) is 25.8. The standard InChI is InChI=1S/C23H29N3O2.2C2HF3O2/c27-20-15-17(7-10-24-20)16-25-13-8-23(9-14-25)19-6-2-1-5-18(19)21(22(23)28)26-11-3-4-12-26;2*3-2(4,5)1(6)7/h1-2,5-7,10,15,21-22,28H,3-4,8-9,11-14,16H2,(H,24,27);2*(H,6,7)/t21-,22+;;/m1../s1. The molecule has 2 atom stereocenters. The van der Waals surface area contributed by atoms with E-state index >= 15 is 0 Å². The van der Waals surface area contributed by atoms with Gasteiger partial charge in [-0.15, -0.1) is 0 Å². The minimum atomic E-state index is -5.08. The number of benzene rings is 1. The van der Waals surface area contributed by atoms with Crippen LogP contribution in [0.15, 0.2) is 47.4 Å². The maximum atomic E-state index is 11.6. The Bertz CT molecular complexity index is 1260. The van der Waals surface area contributed by atoms with E-state index in [1.807, 2.05) is 6.07 Å². The van der Waals surface area contributed by atoms with Crippen molar-refractivity contribution in [3.8, 4) is 0 Å². The fourth-order valence-electron chi connectivity index (χ4n) is 5.78. The molecule has 0 amide bonds. The van der Waals surface area contributed by atoms with Crippen molar-refractivity contribution in [2.24, 2.45) is 0 Å². The van der Waals surface area contributed by atoms with Gasteiger partial charge in [-0.3, -0.25) is 14.6 Å². The van der Waals surface area contributed by atoms with Crippen LogP contribution in [0.25, 0.3) is 0 Å². The Labute approximate surface area is 236 Å². The minimum absolute atomic E-state index is 0.0421. The molecule has 3 heterocycles. The first-order chi connectivity index (χ1) is 19.6. The quantitative estimate of drug-likeness (QED) is 0.389. The van der Waals surface area contributed by atoms with Gasteiger partial charge in [-0.25, -0.2) is 9.59 Å². The number of carboxylic acid groups (broad SMARTS) is 2. The smallest absolute Gasteiger partial charge is 0.475 e. The largest absolute Gasteiger partial charge is 0.490 e. The van der Waals surface area contributed by atoms with Crippen LogP contribution < -0.4 is 5.56 Å². The van der Waals surface area contributed by atoms with Crippen LogP contribution in [0.4, 0.5) is 26.3 Å². The molecule has 2 saturated heterocycles. The number of piperidine rings is 1. The van der Waals surface area contributed by atoms with Gasteiger partial charge in [0.1, 0.15) is 0 Å². The lowest BCUT2D eigenvalue weighted by Crippen LogP contribution is -2.49. The molecule has 0 saturated carbocycles. The highest BCUT2D eigenvalue weighted by Gasteiger charge is 2.54. The Morgan fingerprint density at radius 2 is 1.43 bits per heavy atom. The van der Waals surface area contributed by atoms with Crippen molar-refractivity contribution in [2.45, 2.75) is 62.1 Å². The second-order valence-electron chi connectivity index (χ2n) is 10.3. The first-order valence-corrected chi connectivity index (χ1v) is 13.1. The highest BCUT2D eigenvalue weighted by molar-refractivity contribution is 5.73. The average Bonchev–Trinajstić information content (AvgIpc) is 3.51. The van der Waals surface area contributed by atoms with Gasteiger partial charge in [-0.2, -0.15) is 26.3 Å². The van der Waals surface area contributed by atoms with Crippen molar-refractivity contribution in [2.75, 3.05) is 26.2 Å². The van der Waals surface area contributed by atoms with Gasteiger partial charge in [-0.05, 0) is 74.6 Å². The number of H-pyrrole nitrogens is 1. The molecule has 9 nitrogen and oxygen atoms in total. The summed E-state index contributed by atoms with van der Waals surface area (Å²) in [6.07, 6.45) is -4.35. The van der Waals surface area contributed by atoms with Gasteiger partial charge in [0.25, 0.3) is 0 Å². The topological polar surface area (TPSA) is 134 Å². The highest BCUT2D eigenvalue weighted by atomic mass is 19.4. The lowest BCUT2D eigenvalue weighted by Gasteiger charge is -2.43. The molecule has 3 aliphatic rings. The molecular weight excluding hydrogens is 576 g/mol. The van der Waals surface area contributed by atoms with E-state index < -0.39 is 24.3 Å². The highest BCUT2D eigenvalue weighted by Crippen LogP contribution is 2.53. The molecule has 0 bridgehead atoms. The van der Waals surface area contributed by atoms with Crippen molar-refractivity contribution in [1.29, 1.82) is 0 Å². The zero-order valence-corrected chi connectivity index (χ0v) is 22.3. The summed E-state index contributed by atoms with van der Waals surface area (Å²) in [5.41, 5.74) is 3.60. The predicted molar refractivity (Wildman–Crippen MR) is 137 cm³/mol. The third kappa shape index (κ3) is 7.89. The van der Waals surface area contributed by atoms with Gasteiger partial charge in [-0.1, -0.05) is 24.3 Å². The molecule has 1 aromatic carbocycles. The molecule has 0 unspecified atom stereocenters. The number of aliphatic hydroxyl groups excluding tert-OH is 1. The molecule has 1 spiro atoms. The van der Waals surface area contributed by atoms with E-state index in [4.69, 9.17) is 19.8 Å². The molecule has 1 aliphatic carbocycles. The summed E-state index contributed by atoms with van der Waals surface area (Å²) in [6.45, 7) is 4.89. The summed E-state index contributed by atoms with van der Waals surface area (Å²) in [7, 11) is 0. The van der Waals surface area contributed by atoms with Gasteiger partial charge in [0.05, 0.1) is 12.1 Å². The number of aliphatic hydroxyl groups is 1. The summed E-state index contributed by atoms with van der Waals surface area (Å²) in [5.74, 6) is -5.51. The molecule has 2 aliphatic heterocycles. The fourth-order valence-corrected chi connectivity index (χ4v) is 5.78. The predicted octanol–water partition coefficient (Wildman–Crippen LogP) is 3.69. The molecular formula is C27H31F6N3O6. The van der Waals surface area contributed by atoms with Crippen molar-refractivity contribution in [3.05, 3.63) is 69.6 Å². The number of halogens is 6. The Kier molecular flexibility index (Phi) is 10.4. The number of nitrogens with one attached hydrogen (secondary N) is 1. The first-order valence-electron chi connectivity index (χ1n) is 13.1. The van der Waals surface area contributed by atoms with Gasteiger partial charge in [0.2, 0.25) is 5.56 Å². The molecule has 1 aromatic heterocycles. The summed E-state index contributed by atoms with van der Waals surface area (Å²) < 4.78 is 63.5. The maximum Gasteiger partial charge on any atom is 0.490 e. The molecule has 4 N–H and O–H groups in total. The molecule has 0 radical (unpaired) electrons. The van der Waals surface area contributed by atoms with Crippen LogP contribution in [0.2, 0.25) is 0 Å². The van der Waals surface area contributed by atoms with Crippen LogP contribution in [-0.2, 0) is 21.5 Å². The normalized spacial score (nSPS) is 22.0. The third-order valence-electron chi connectivity index (χ3n) is 7.69. The number of aromatic amines is 1. The number of aromatic nitrogens is 1. The number of nitrogens with zero attached hydrogens (tertiary/aromatic N) is 2. The van der Waals surface area contributed by atoms with E-state index in [0.29, 0.717) is 0 Å². The molecule has 2 aromatic rings. The van der Waals surface area contributed by atoms with Crippen LogP contribution in [0.3, 0.4) is 0 Å². The number of carboxylic acids is 2. The second-order valence-corrected chi connectivity index (χ2v) is 10.3. The number of hydrogen-bond donors (Lipinski definition) is 4. The number of aliphatic carboxylic acids is 2. The maximum absolute atomic E-state index is 11.6. The van der Waals surface area contributed by atoms with E-state index in [0.717, 1.165) is 51.1 Å². The molecule has 5 rings (SSSR count). The third-order valence-corrected chi connectivity index (χ3v) is 7.69. The number of alkyl halides is 6. The van der Waals surface area contributed by atoms with Crippen LogP contribution in [0.1, 0.15) is 48.4 Å².